The van der Waals surface area contributed by atoms with Gasteiger partial charge in [-0.15, -0.1) is 0 Å². The van der Waals surface area contributed by atoms with Gasteiger partial charge >= 0.3 is 5.97 Å². The molecule has 0 N–H and O–H groups in total. The predicted octanol–water partition coefficient (Wildman–Crippen LogP) is 7.49. The van der Waals surface area contributed by atoms with Gasteiger partial charge in [0.05, 0.1) is 31.3 Å². The first-order chi connectivity index (χ1) is 20.8. The van der Waals surface area contributed by atoms with Crippen molar-refractivity contribution < 1.29 is 28.5 Å². The van der Waals surface area contributed by atoms with Gasteiger partial charge in [0.2, 0.25) is 5.91 Å². The number of benzene rings is 2. The molecule has 1 aliphatic carbocycles. The van der Waals surface area contributed by atoms with Crippen LogP contribution in [-0.4, -0.2) is 55.3 Å². The molecule has 1 atom stereocenters. The maximum Gasteiger partial charge on any atom is 0.308 e. The monoisotopic (exact) mass is 607 g/mol. The van der Waals surface area contributed by atoms with Crippen molar-refractivity contribution in [2.24, 2.45) is 11.3 Å². The minimum absolute atomic E-state index is 0.0143. The van der Waals surface area contributed by atoms with Gasteiger partial charge in [-0.3, -0.25) is 9.59 Å². The third-order valence-electron chi connectivity index (χ3n) is 9.22. The molecule has 1 saturated heterocycles. The molecule has 0 bridgehead atoms. The quantitative estimate of drug-likeness (QED) is 0.247. The maximum atomic E-state index is 13.8. The third-order valence-corrected chi connectivity index (χ3v) is 9.22. The molecule has 0 radical (unpaired) electrons. The lowest BCUT2D eigenvalue weighted by Gasteiger charge is -2.46. The molecule has 0 aromatic heterocycles. The maximum absolute atomic E-state index is 13.8. The SMILES string of the molecule is CCOC(=O)[C@H]1CC[C@H](Oc2ccc(CN(CCC3(c4ccc(OC)cc4)CCOC(C)(C)C3)C(=O)C(C)(C)C)cc2)CC1. The second kappa shape index (κ2) is 14.4. The lowest BCUT2D eigenvalue weighted by atomic mass is 9.67. The van der Waals surface area contributed by atoms with E-state index in [1.165, 1.54) is 5.56 Å². The molecule has 44 heavy (non-hydrogen) atoms. The summed E-state index contributed by atoms with van der Waals surface area (Å²) in [6.45, 7) is 14.5. The number of amides is 1. The van der Waals surface area contributed by atoms with Crippen molar-refractivity contribution >= 4 is 11.9 Å². The largest absolute Gasteiger partial charge is 0.497 e. The van der Waals surface area contributed by atoms with Crippen molar-refractivity contribution in [1.82, 2.24) is 4.90 Å². The van der Waals surface area contributed by atoms with Crippen LogP contribution < -0.4 is 9.47 Å². The summed E-state index contributed by atoms with van der Waals surface area (Å²) < 4.78 is 23.1. The summed E-state index contributed by atoms with van der Waals surface area (Å²) in [6.07, 6.45) is 6.03. The highest BCUT2D eigenvalue weighted by molar-refractivity contribution is 5.81. The Bertz CT molecular complexity index is 1220. The van der Waals surface area contributed by atoms with Crippen molar-refractivity contribution in [2.75, 3.05) is 26.9 Å². The van der Waals surface area contributed by atoms with Gasteiger partial charge in [-0.1, -0.05) is 45.0 Å². The smallest absolute Gasteiger partial charge is 0.308 e. The van der Waals surface area contributed by atoms with Crippen LogP contribution in [0, 0.1) is 11.3 Å². The molecule has 1 amide bonds. The number of rotatable bonds is 11. The van der Waals surface area contributed by atoms with Gasteiger partial charge in [-0.05, 0) is 101 Å². The van der Waals surface area contributed by atoms with E-state index < -0.39 is 5.41 Å². The summed E-state index contributed by atoms with van der Waals surface area (Å²) in [4.78, 5) is 27.9. The Morgan fingerprint density at radius 3 is 2.16 bits per heavy atom. The topological polar surface area (TPSA) is 74.3 Å². The molecule has 2 aromatic carbocycles. The lowest BCUT2D eigenvalue weighted by molar-refractivity contribution is -0.149. The molecule has 7 nitrogen and oxygen atoms in total. The van der Waals surface area contributed by atoms with Crippen molar-refractivity contribution in [2.45, 2.75) is 110 Å². The van der Waals surface area contributed by atoms with Crippen LogP contribution >= 0.6 is 0 Å². The Balaban J connectivity index is 1.45. The van der Waals surface area contributed by atoms with E-state index in [1.807, 2.05) is 56.9 Å². The highest BCUT2D eigenvalue weighted by Crippen LogP contribution is 2.45. The van der Waals surface area contributed by atoms with E-state index in [2.05, 4.69) is 38.1 Å². The first-order valence-corrected chi connectivity index (χ1v) is 16.3. The minimum atomic E-state index is -0.492. The van der Waals surface area contributed by atoms with Gasteiger partial charge < -0.3 is 23.8 Å². The zero-order valence-electron chi connectivity index (χ0n) is 27.9. The Labute approximate surface area is 264 Å². The van der Waals surface area contributed by atoms with Gasteiger partial charge in [0.15, 0.2) is 0 Å². The fourth-order valence-corrected chi connectivity index (χ4v) is 6.86. The molecule has 242 valence electrons. The van der Waals surface area contributed by atoms with E-state index in [1.54, 1.807) is 7.11 Å². The molecule has 1 heterocycles. The Kier molecular flexibility index (Phi) is 11.0. The van der Waals surface area contributed by atoms with E-state index in [0.29, 0.717) is 26.3 Å². The van der Waals surface area contributed by atoms with E-state index in [4.69, 9.17) is 18.9 Å². The summed E-state index contributed by atoms with van der Waals surface area (Å²) in [6, 6.07) is 16.6. The molecule has 2 fully saturated rings. The zero-order valence-corrected chi connectivity index (χ0v) is 27.9. The second-order valence-electron chi connectivity index (χ2n) is 14.3. The van der Waals surface area contributed by atoms with E-state index >= 15 is 0 Å². The number of methoxy groups -OCH3 is 1. The molecule has 7 heteroatoms. The number of hydrogen-bond donors (Lipinski definition) is 0. The average molecular weight is 608 g/mol. The van der Waals surface area contributed by atoms with E-state index in [9.17, 15) is 9.59 Å². The number of ether oxygens (including phenoxy) is 4. The number of carbonyl (C=O) groups is 2. The normalized spacial score (nSPS) is 23.4. The average Bonchev–Trinajstić information content (AvgIpc) is 2.99. The number of nitrogens with zero attached hydrogens (tertiary/aromatic N) is 1. The van der Waals surface area contributed by atoms with Crippen LogP contribution in [0.3, 0.4) is 0 Å². The Morgan fingerprint density at radius 1 is 0.955 bits per heavy atom. The standard InChI is InChI=1S/C37H53NO6/c1-8-42-33(39)28-11-17-32(18-12-28)44-31-15-9-27(10-16-31)25-38(34(40)35(2,3)4)23-21-37(22-24-43-36(5,6)26-37)29-13-19-30(41-7)20-14-29/h9-10,13-16,19-20,28,32H,8,11-12,17-18,21-26H2,1-7H3/t28-,32-,37?. The van der Waals surface area contributed by atoms with Crippen LogP contribution in [0.15, 0.2) is 48.5 Å². The van der Waals surface area contributed by atoms with Gasteiger partial charge in [0.25, 0.3) is 0 Å². The zero-order chi connectivity index (χ0) is 32.0. The van der Waals surface area contributed by atoms with Gasteiger partial charge in [0.1, 0.15) is 11.5 Å². The Hall–Kier alpha value is -3.06. The van der Waals surface area contributed by atoms with Crippen molar-refractivity contribution in [3.63, 3.8) is 0 Å². The summed E-state index contributed by atoms with van der Waals surface area (Å²) in [5.41, 5.74) is 1.51. The summed E-state index contributed by atoms with van der Waals surface area (Å²) in [5.74, 6) is 1.72. The first-order valence-electron chi connectivity index (χ1n) is 16.3. The molecule has 0 spiro atoms. The molecule has 1 saturated carbocycles. The van der Waals surface area contributed by atoms with Crippen LogP contribution in [0.5, 0.6) is 11.5 Å². The lowest BCUT2D eigenvalue weighted by Crippen LogP contribution is -2.47. The fourth-order valence-electron chi connectivity index (χ4n) is 6.86. The van der Waals surface area contributed by atoms with Gasteiger partial charge in [-0.2, -0.15) is 0 Å². The number of esters is 1. The number of carbonyl (C=O) groups excluding carboxylic acids is 2. The fraction of sp³-hybridized carbons (Fsp3) is 0.622. The van der Waals surface area contributed by atoms with Crippen LogP contribution in [0.25, 0.3) is 0 Å². The van der Waals surface area contributed by atoms with Crippen molar-refractivity contribution in [3.05, 3.63) is 59.7 Å². The van der Waals surface area contributed by atoms with E-state index in [0.717, 1.165) is 62.0 Å². The molecule has 2 aromatic rings. The van der Waals surface area contributed by atoms with Crippen molar-refractivity contribution in [1.29, 1.82) is 0 Å². The van der Waals surface area contributed by atoms with Crippen LogP contribution in [0.2, 0.25) is 0 Å². The third kappa shape index (κ3) is 8.77. The van der Waals surface area contributed by atoms with Crippen LogP contribution in [0.1, 0.15) is 97.6 Å². The molecule has 1 unspecified atom stereocenters. The minimum Gasteiger partial charge on any atom is -0.497 e. The molecule has 4 rings (SSSR count). The summed E-state index contributed by atoms with van der Waals surface area (Å²) in [5, 5.41) is 0. The summed E-state index contributed by atoms with van der Waals surface area (Å²) >= 11 is 0. The highest BCUT2D eigenvalue weighted by Gasteiger charge is 2.43. The molecule has 1 aliphatic heterocycles. The molecule has 2 aliphatic rings. The van der Waals surface area contributed by atoms with Gasteiger partial charge in [-0.25, -0.2) is 0 Å². The second-order valence-corrected chi connectivity index (χ2v) is 14.3. The van der Waals surface area contributed by atoms with Crippen LogP contribution in [-0.2, 0) is 31.0 Å². The molecular weight excluding hydrogens is 554 g/mol. The predicted molar refractivity (Wildman–Crippen MR) is 173 cm³/mol. The number of hydrogen-bond acceptors (Lipinski definition) is 6. The molecular formula is C37H53NO6. The first kappa shape index (κ1) is 33.8. The summed E-state index contributed by atoms with van der Waals surface area (Å²) in [7, 11) is 1.69. The highest BCUT2D eigenvalue weighted by atomic mass is 16.5. The Morgan fingerprint density at radius 2 is 1.59 bits per heavy atom. The van der Waals surface area contributed by atoms with Crippen molar-refractivity contribution in [3.8, 4) is 11.5 Å². The van der Waals surface area contributed by atoms with Gasteiger partial charge in [0, 0.05) is 30.5 Å². The van der Waals surface area contributed by atoms with E-state index in [-0.39, 0.29) is 34.9 Å². The van der Waals surface area contributed by atoms with Crippen LogP contribution in [0.4, 0.5) is 0 Å².